The molecule has 0 aliphatic heterocycles. The lowest BCUT2D eigenvalue weighted by molar-refractivity contribution is -0.147. The Labute approximate surface area is 147 Å². The first-order chi connectivity index (χ1) is 11.0. The number of esters is 1. The Balaban J connectivity index is 1.78. The van der Waals surface area contributed by atoms with Crippen LogP contribution in [-0.2, 0) is 20.7 Å². The van der Waals surface area contributed by atoms with E-state index in [9.17, 15) is 9.59 Å². The molecule has 0 fully saturated rings. The second-order valence-electron chi connectivity index (χ2n) is 4.67. The number of nitrogens with zero attached hydrogens (tertiary/aromatic N) is 1. The number of ether oxygens (including phenoxy) is 1. The number of amides is 1. The summed E-state index contributed by atoms with van der Waals surface area (Å²) in [4.78, 5) is 28.6. The smallest absolute Gasteiger partial charge is 0.306 e. The standard InChI is InChI=1S/C15H14Cl2N2O3S/c1-9-11(16)7-12(17)15(18-9)19-13(20)8-22-14(21)5-4-10-3-2-6-23-10/h2-3,6-7H,4-5,8H2,1H3,(H,18,19,20). The molecule has 2 aromatic heterocycles. The first-order valence-corrected chi connectivity index (χ1v) is 8.39. The number of thiophene rings is 1. The van der Waals surface area contributed by atoms with Gasteiger partial charge in [-0.05, 0) is 30.9 Å². The SMILES string of the molecule is Cc1nc(NC(=O)COC(=O)CCc2cccs2)c(Cl)cc1Cl. The van der Waals surface area contributed by atoms with Crippen molar-refractivity contribution in [3.8, 4) is 0 Å². The van der Waals surface area contributed by atoms with Gasteiger partial charge in [0.25, 0.3) is 5.91 Å². The Morgan fingerprint density at radius 3 is 2.83 bits per heavy atom. The molecule has 2 heterocycles. The van der Waals surface area contributed by atoms with Gasteiger partial charge in [-0.1, -0.05) is 29.3 Å². The minimum absolute atomic E-state index is 0.188. The Kier molecular flexibility index (Phi) is 6.38. The lowest BCUT2D eigenvalue weighted by Gasteiger charge is -2.09. The van der Waals surface area contributed by atoms with E-state index in [4.69, 9.17) is 27.9 Å². The maximum absolute atomic E-state index is 11.8. The summed E-state index contributed by atoms with van der Waals surface area (Å²) in [7, 11) is 0. The maximum Gasteiger partial charge on any atom is 0.306 e. The van der Waals surface area contributed by atoms with Gasteiger partial charge in [0.15, 0.2) is 12.4 Å². The summed E-state index contributed by atoms with van der Waals surface area (Å²) < 4.78 is 4.92. The molecular formula is C15H14Cl2N2O3S. The van der Waals surface area contributed by atoms with E-state index in [1.807, 2.05) is 17.5 Å². The van der Waals surface area contributed by atoms with Crippen LogP contribution in [0.25, 0.3) is 0 Å². The van der Waals surface area contributed by atoms with Crippen LogP contribution in [0.5, 0.6) is 0 Å². The fourth-order valence-corrected chi connectivity index (χ4v) is 2.83. The molecule has 2 rings (SSSR count). The van der Waals surface area contributed by atoms with Crippen LogP contribution in [0.4, 0.5) is 5.82 Å². The van der Waals surface area contributed by atoms with Crippen molar-refractivity contribution in [2.45, 2.75) is 19.8 Å². The summed E-state index contributed by atoms with van der Waals surface area (Å²) in [6.07, 6.45) is 0.828. The van der Waals surface area contributed by atoms with Crippen LogP contribution in [0.15, 0.2) is 23.6 Å². The summed E-state index contributed by atoms with van der Waals surface area (Å²) in [5.41, 5.74) is 0.541. The van der Waals surface area contributed by atoms with E-state index in [-0.39, 0.29) is 23.9 Å². The molecule has 0 radical (unpaired) electrons. The molecule has 0 aromatic carbocycles. The third kappa shape index (κ3) is 5.49. The Morgan fingerprint density at radius 2 is 2.13 bits per heavy atom. The zero-order valence-corrected chi connectivity index (χ0v) is 14.6. The quantitative estimate of drug-likeness (QED) is 0.781. The highest BCUT2D eigenvalue weighted by molar-refractivity contribution is 7.09. The third-order valence-electron chi connectivity index (χ3n) is 2.88. The molecule has 2 aromatic rings. The van der Waals surface area contributed by atoms with Gasteiger partial charge < -0.3 is 10.1 Å². The number of aromatic nitrogens is 1. The van der Waals surface area contributed by atoms with Gasteiger partial charge >= 0.3 is 5.97 Å². The van der Waals surface area contributed by atoms with Crippen molar-refractivity contribution in [1.29, 1.82) is 0 Å². The highest BCUT2D eigenvalue weighted by Gasteiger charge is 2.12. The largest absolute Gasteiger partial charge is 0.456 e. The Hall–Kier alpha value is -1.63. The molecule has 0 saturated heterocycles. The Bertz CT molecular complexity index is 705. The molecule has 0 atom stereocenters. The zero-order chi connectivity index (χ0) is 16.8. The van der Waals surface area contributed by atoms with Crippen molar-refractivity contribution in [2.75, 3.05) is 11.9 Å². The molecule has 122 valence electrons. The van der Waals surface area contributed by atoms with Crippen LogP contribution >= 0.6 is 34.5 Å². The highest BCUT2D eigenvalue weighted by atomic mass is 35.5. The molecule has 0 unspecified atom stereocenters. The minimum Gasteiger partial charge on any atom is -0.456 e. The lowest BCUT2D eigenvalue weighted by Crippen LogP contribution is -2.21. The minimum atomic E-state index is -0.509. The number of carbonyl (C=O) groups is 2. The first-order valence-electron chi connectivity index (χ1n) is 6.76. The predicted octanol–water partition coefficient (Wildman–Crippen LogP) is 3.87. The van der Waals surface area contributed by atoms with Gasteiger partial charge in [0, 0.05) is 4.88 Å². The number of hydrogen-bond acceptors (Lipinski definition) is 5. The number of hydrogen-bond donors (Lipinski definition) is 1. The van der Waals surface area contributed by atoms with Crippen LogP contribution < -0.4 is 5.32 Å². The zero-order valence-electron chi connectivity index (χ0n) is 12.3. The maximum atomic E-state index is 11.8. The van der Waals surface area contributed by atoms with E-state index in [0.717, 1.165) is 4.88 Å². The molecule has 1 N–H and O–H groups in total. The van der Waals surface area contributed by atoms with Crippen molar-refractivity contribution in [2.24, 2.45) is 0 Å². The summed E-state index contributed by atoms with van der Waals surface area (Å²) in [5.74, 6) is -0.751. The van der Waals surface area contributed by atoms with E-state index in [0.29, 0.717) is 17.1 Å². The monoisotopic (exact) mass is 372 g/mol. The predicted molar refractivity (Wildman–Crippen MR) is 91.2 cm³/mol. The molecule has 1 amide bonds. The van der Waals surface area contributed by atoms with Gasteiger partial charge in [0.1, 0.15) is 0 Å². The molecular weight excluding hydrogens is 359 g/mol. The molecule has 0 spiro atoms. The van der Waals surface area contributed by atoms with Gasteiger partial charge in [-0.25, -0.2) is 4.98 Å². The summed E-state index contributed by atoms with van der Waals surface area (Å²) in [6, 6.07) is 5.36. The first kappa shape index (κ1) is 17.7. The number of halogens is 2. The van der Waals surface area contributed by atoms with Crippen LogP contribution in [0.3, 0.4) is 0 Å². The van der Waals surface area contributed by atoms with Gasteiger partial charge in [-0.2, -0.15) is 0 Å². The second kappa shape index (κ2) is 8.29. The fraction of sp³-hybridized carbons (Fsp3) is 0.267. The third-order valence-corrected chi connectivity index (χ3v) is 4.49. The van der Waals surface area contributed by atoms with Crippen molar-refractivity contribution in [3.63, 3.8) is 0 Å². The molecule has 0 saturated carbocycles. The molecule has 23 heavy (non-hydrogen) atoms. The van der Waals surface area contributed by atoms with E-state index in [1.54, 1.807) is 18.3 Å². The molecule has 0 bridgehead atoms. The topological polar surface area (TPSA) is 68.3 Å². The van der Waals surface area contributed by atoms with Crippen molar-refractivity contribution < 1.29 is 14.3 Å². The lowest BCUT2D eigenvalue weighted by atomic mass is 10.3. The number of rotatable bonds is 6. The number of nitrogens with one attached hydrogen (secondary N) is 1. The Morgan fingerprint density at radius 1 is 1.35 bits per heavy atom. The van der Waals surface area contributed by atoms with Crippen molar-refractivity contribution in [1.82, 2.24) is 4.98 Å². The van der Waals surface area contributed by atoms with Crippen molar-refractivity contribution in [3.05, 3.63) is 44.2 Å². The molecule has 0 aliphatic carbocycles. The summed E-state index contributed by atoms with van der Waals surface area (Å²) in [6.45, 7) is 1.31. The van der Waals surface area contributed by atoms with Crippen LogP contribution in [0.2, 0.25) is 10.0 Å². The number of anilines is 1. The number of carbonyl (C=O) groups excluding carboxylic acids is 2. The molecule has 0 aliphatic rings. The van der Waals surface area contributed by atoms with Crippen molar-refractivity contribution >= 4 is 52.2 Å². The highest BCUT2D eigenvalue weighted by Crippen LogP contribution is 2.25. The van der Waals surface area contributed by atoms with E-state index < -0.39 is 11.9 Å². The van der Waals surface area contributed by atoms with Gasteiger partial charge in [-0.3, -0.25) is 9.59 Å². The van der Waals surface area contributed by atoms with E-state index >= 15 is 0 Å². The average Bonchev–Trinajstić information content (AvgIpc) is 3.02. The van der Waals surface area contributed by atoms with E-state index in [1.165, 1.54) is 6.07 Å². The van der Waals surface area contributed by atoms with Gasteiger partial charge in [-0.15, -0.1) is 11.3 Å². The molecule has 5 nitrogen and oxygen atoms in total. The van der Waals surface area contributed by atoms with Crippen LogP contribution in [0.1, 0.15) is 17.0 Å². The van der Waals surface area contributed by atoms with E-state index in [2.05, 4.69) is 10.3 Å². The fourth-order valence-electron chi connectivity index (χ4n) is 1.71. The van der Waals surface area contributed by atoms with Gasteiger partial charge in [0.05, 0.1) is 22.2 Å². The normalized spacial score (nSPS) is 10.4. The molecule has 8 heteroatoms. The summed E-state index contributed by atoms with van der Waals surface area (Å²) in [5, 5.41) is 5.06. The van der Waals surface area contributed by atoms with Gasteiger partial charge in [0.2, 0.25) is 0 Å². The van der Waals surface area contributed by atoms with Crippen LogP contribution in [0, 0.1) is 6.92 Å². The van der Waals surface area contributed by atoms with Crippen LogP contribution in [-0.4, -0.2) is 23.5 Å². The second-order valence-corrected chi connectivity index (χ2v) is 6.52. The average molecular weight is 373 g/mol. The number of aryl methyl sites for hydroxylation is 2. The number of pyridine rings is 1. The summed E-state index contributed by atoms with van der Waals surface area (Å²) >= 11 is 13.4.